The molecule has 116 valence electrons. The molecule has 0 amide bonds. The summed E-state index contributed by atoms with van der Waals surface area (Å²) in [6.07, 6.45) is 1.55. The molecule has 2 aromatic rings. The molecule has 0 aliphatic rings. The van der Waals surface area contributed by atoms with Crippen LogP contribution in [-0.2, 0) is 10.0 Å². The van der Waals surface area contributed by atoms with E-state index in [0.717, 1.165) is 16.5 Å². The minimum Gasteiger partial charge on any atom is -0.208 e. The average molecular weight is 356 g/mol. The highest BCUT2D eigenvalue weighted by atomic mass is 35.5. The van der Waals surface area contributed by atoms with Gasteiger partial charge in [0.25, 0.3) is 0 Å². The van der Waals surface area contributed by atoms with Crippen LogP contribution in [0.1, 0.15) is 24.1 Å². The van der Waals surface area contributed by atoms with Crippen molar-refractivity contribution in [2.75, 3.05) is 0 Å². The van der Waals surface area contributed by atoms with Gasteiger partial charge in [0.05, 0.1) is 10.0 Å². The third-order valence-corrected chi connectivity index (χ3v) is 4.94. The van der Waals surface area contributed by atoms with Crippen molar-refractivity contribution in [3.05, 3.63) is 75.1 Å². The van der Waals surface area contributed by atoms with Gasteiger partial charge in [0.15, 0.2) is 0 Å². The first-order valence-electron chi connectivity index (χ1n) is 6.58. The highest BCUT2D eigenvalue weighted by Crippen LogP contribution is 2.25. The fraction of sp³-hybridized carbons (Fsp3) is 0.125. The van der Waals surface area contributed by atoms with Crippen molar-refractivity contribution in [1.29, 1.82) is 0 Å². The van der Waals surface area contributed by atoms with Gasteiger partial charge in [-0.3, -0.25) is 0 Å². The number of halogens is 2. The molecule has 0 saturated heterocycles. The Morgan fingerprint density at radius 3 is 2.36 bits per heavy atom. The molecule has 0 fully saturated rings. The lowest BCUT2D eigenvalue weighted by Gasteiger charge is -2.13. The topological polar surface area (TPSA) is 46.2 Å². The van der Waals surface area contributed by atoms with Crippen LogP contribution in [0, 0.1) is 0 Å². The molecule has 0 aliphatic heterocycles. The van der Waals surface area contributed by atoms with E-state index in [-0.39, 0.29) is 0 Å². The van der Waals surface area contributed by atoms with Crippen molar-refractivity contribution >= 4 is 39.3 Å². The molecule has 3 nitrogen and oxygen atoms in total. The van der Waals surface area contributed by atoms with E-state index in [1.54, 1.807) is 31.2 Å². The minimum atomic E-state index is -3.56. The molecule has 0 saturated carbocycles. The van der Waals surface area contributed by atoms with Crippen LogP contribution in [-0.4, -0.2) is 8.42 Å². The molecule has 0 heterocycles. The molecule has 1 N–H and O–H groups in total. The monoisotopic (exact) mass is 355 g/mol. The Kier molecular flexibility index (Phi) is 5.64. The molecule has 22 heavy (non-hydrogen) atoms. The van der Waals surface area contributed by atoms with Gasteiger partial charge in [0, 0.05) is 11.4 Å². The predicted molar refractivity (Wildman–Crippen MR) is 92.4 cm³/mol. The second kappa shape index (κ2) is 7.29. The van der Waals surface area contributed by atoms with E-state index in [1.165, 1.54) is 0 Å². The summed E-state index contributed by atoms with van der Waals surface area (Å²) in [5.41, 5.74) is 1.56. The molecular weight excluding hydrogens is 341 g/mol. The van der Waals surface area contributed by atoms with Gasteiger partial charge in [-0.05, 0) is 36.3 Å². The molecule has 2 aromatic carbocycles. The van der Waals surface area contributed by atoms with Gasteiger partial charge in [-0.2, -0.15) is 0 Å². The zero-order valence-corrected chi connectivity index (χ0v) is 14.2. The second-order valence-electron chi connectivity index (χ2n) is 4.77. The Morgan fingerprint density at radius 2 is 1.73 bits per heavy atom. The maximum absolute atomic E-state index is 12.1. The molecule has 1 atom stereocenters. The summed E-state index contributed by atoms with van der Waals surface area (Å²) >= 11 is 11.8. The van der Waals surface area contributed by atoms with Gasteiger partial charge in [-0.25, -0.2) is 13.1 Å². The zero-order chi connectivity index (χ0) is 16.2. The molecule has 6 heteroatoms. The van der Waals surface area contributed by atoms with Gasteiger partial charge in [-0.1, -0.05) is 59.6 Å². The molecule has 0 radical (unpaired) electrons. The quantitative estimate of drug-likeness (QED) is 0.848. The maximum atomic E-state index is 12.1. The fourth-order valence-corrected chi connectivity index (χ4v) is 3.22. The number of benzene rings is 2. The van der Waals surface area contributed by atoms with Gasteiger partial charge < -0.3 is 0 Å². The SMILES string of the molecule is CC(NS(=O)(=O)C=Cc1ccccc1)c1ccc(Cl)c(Cl)c1. The van der Waals surface area contributed by atoms with Crippen molar-refractivity contribution < 1.29 is 8.42 Å². The van der Waals surface area contributed by atoms with Gasteiger partial charge >= 0.3 is 0 Å². The van der Waals surface area contributed by atoms with Crippen LogP contribution in [0.5, 0.6) is 0 Å². The number of sulfonamides is 1. The van der Waals surface area contributed by atoms with E-state index in [4.69, 9.17) is 23.2 Å². The third kappa shape index (κ3) is 4.85. The summed E-state index contributed by atoms with van der Waals surface area (Å²) in [6.45, 7) is 1.74. The zero-order valence-electron chi connectivity index (χ0n) is 11.8. The van der Waals surface area contributed by atoms with Crippen LogP contribution in [0.4, 0.5) is 0 Å². The molecule has 0 spiro atoms. The van der Waals surface area contributed by atoms with E-state index in [0.29, 0.717) is 10.0 Å². The number of hydrogen-bond donors (Lipinski definition) is 1. The van der Waals surface area contributed by atoms with E-state index in [2.05, 4.69) is 4.72 Å². The average Bonchev–Trinajstić information content (AvgIpc) is 2.49. The van der Waals surface area contributed by atoms with E-state index >= 15 is 0 Å². The first kappa shape index (κ1) is 17.0. The summed E-state index contributed by atoms with van der Waals surface area (Å²) in [6, 6.07) is 13.8. The van der Waals surface area contributed by atoms with Crippen LogP contribution in [0.3, 0.4) is 0 Å². The van der Waals surface area contributed by atoms with Gasteiger partial charge in [0.2, 0.25) is 10.0 Å². The lowest BCUT2D eigenvalue weighted by molar-refractivity contribution is 0.576. The second-order valence-corrected chi connectivity index (χ2v) is 7.18. The third-order valence-electron chi connectivity index (χ3n) is 3.02. The first-order chi connectivity index (χ1) is 10.4. The summed E-state index contributed by atoms with van der Waals surface area (Å²) in [5.74, 6) is 0. The Balaban J connectivity index is 2.11. The maximum Gasteiger partial charge on any atom is 0.234 e. The van der Waals surface area contributed by atoms with Crippen molar-refractivity contribution in [3.63, 3.8) is 0 Å². The Bertz CT molecular complexity index is 774. The Morgan fingerprint density at radius 1 is 1.05 bits per heavy atom. The van der Waals surface area contributed by atoms with Crippen LogP contribution in [0.15, 0.2) is 53.9 Å². The normalized spacial score (nSPS) is 13.4. The first-order valence-corrected chi connectivity index (χ1v) is 8.88. The predicted octanol–water partition coefficient (Wildman–Crippen LogP) is 4.64. The minimum absolute atomic E-state index is 0.394. The smallest absolute Gasteiger partial charge is 0.208 e. The van der Waals surface area contributed by atoms with E-state index in [1.807, 2.05) is 30.3 Å². The molecule has 0 bridgehead atoms. The van der Waals surface area contributed by atoms with Gasteiger partial charge in [-0.15, -0.1) is 0 Å². The number of nitrogens with one attached hydrogen (secondary N) is 1. The van der Waals surface area contributed by atoms with Crippen LogP contribution in [0.25, 0.3) is 6.08 Å². The van der Waals surface area contributed by atoms with Crippen molar-refractivity contribution in [2.24, 2.45) is 0 Å². The highest BCUT2D eigenvalue weighted by molar-refractivity contribution is 7.92. The fourth-order valence-electron chi connectivity index (χ4n) is 1.87. The summed E-state index contributed by atoms with van der Waals surface area (Å²) < 4.78 is 26.7. The molecule has 1 unspecified atom stereocenters. The molecule has 0 aromatic heterocycles. The van der Waals surface area contributed by atoms with E-state index < -0.39 is 16.1 Å². The number of hydrogen-bond acceptors (Lipinski definition) is 2. The molecule has 0 aliphatic carbocycles. The van der Waals surface area contributed by atoms with Crippen LogP contribution < -0.4 is 4.72 Å². The van der Waals surface area contributed by atoms with Crippen molar-refractivity contribution in [1.82, 2.24) is 4.72 Å². The van der Waals surface area contributed by atoms with Gasteiger partial charge in [0.1, 0.15) is 0 Å². The van der Waals surface area contributed by atoms with Crippen molar-refractivity contribution in [2.45, 2.75) is 13.0 Å². The van der Waals surface area contributed by atoms with E-state index in [9.17, 15) is 8.42 Å². The number of rotatable bonds is 5. The molecule has 2 rings (SSSR count). The Hall–Kier alpha value is -1.33. The van der Waals surface area contributed by atoms with Crippen LogP contribution >= 0.6 is 23.2 Å². The summed E-state index contributed by atoms with van der Waals surface area (Å²) in [7, 11) is -3.56. The summed E-state index contributed by atoms with van der Waals surface area (Å²) in [4.78, 5) is 0. The largest absolute Gasteiger partial charge is 0.234 e. The Labute approximate surface area is 140 Å². The molecular formula is C16H15Cl2NO2S. The standard InChI is InChI=1S/C16H15Cl2NO2S/c1-12(14-7-8-15(17)16(18)11-14)19-22(20,21)10-9-13-5-3-2-4-6-13/h2-12,19H,1H3. The highest BCUT2D eigenvalue weighted by Gasteiger charge is 2.14. The summed E-state index contributed by atoms with van der Waals surface area (Å²) in [5, 5.41) is 1.98. The lowest BCUT2D eigenvalue weighted by Crippen LogP contribution is -2.24. The van der Waals surface area contributed by atoms with Crippen molar-refractivity contribution in [3.8, 4) is 0 Å². The lowest BCUT2D eigenvalue weighted by atomic mass is 10.1. The van der Waals surface area contributed by atoms with Crippen LogP contribution in [0.2, 0.25) is 10.0 Å².